The summed E-state index contributed by atoms with van der Waals surface area (Å²) >= 11 is 1.58. The Morgan fingerprint density at radius 2 is 1.53 bits per heavy atom. The molecule has 4 amide bonds. The van der Waals surface area contributed by atoms with Crippen LogP contribution >= 0.6 is 11.3 Å². The van der Waals surface area contributed by atoms with E-state index in [0.717, 1.165) is 97.4 Å². The summed E-state index contributed by atoms with van der Waals surface area (Å²) < 4.78 is 0. The average Bonchev–Trinajstić information content (AvgIpc) is 4.00. The number of aryl methyl sites for hydroxylation is 1. The van der Waals surface area contributed by atoms with Gasteiger partial charge in [-0.25, -0.2) is 4.98 Å². The van der Waals surface area contributed by atoms with E-state index in [4.69, 9.17) is 5.73 Å². The summed E-state index contributed by atoms with van der Waals surface area (Å²) in [7, 11) is 0. The van der Waals surface area contributed by atoms with E-state index in [1.807, 2.05) is 80.6 Å². The number of aliphatic hydroxyl groups excluding tert-OH is 1. The van der Waals surface area contributed by atoms with Crippen molar-refractivity contribution >= 4 is 40.8 Å². The zero-order chi connectivity index (χ0) is 51.9. The number of phenols is 1. The molecule has 3 atom stereocenters. The van der Waals surface area contributed by atoms with E-state index in [-0.39, 0.29) is 54.7 Å². The number of nitrogens with two attached hydrogens (primary N) is 1. The number of nitrogen functional groups attached to an aromatic ring is 1. The Hall–Kier alpha value is -6.67. The van der Waals surface area contributed by atoms with E-state index in [9.17, 15) is 29.4 Å². The van der Waals surface area contributed by atoms with Crippen LogP contribution in [0.1, 0.15) is 119 Å². The second-order valence-electron chi connectivity index (χ2n) is 20.4. The Balaban J connectivity index is 0.742. The van der Waals surface area contributed by atoms with Crippen molar-refractivity contribution in [1.82, 2.24) is 40.5 Å². The SMILES string of the molecule is Cc1ncsc1-c1ccc(CNC(=O)[C@@H]2C[C@@H](O)CN2C(=O)[C@@H](NC(=O)CCCCCCCCCCC(=O)N2CCN(Cc3cccc(C#Cc4cc(-c5ccccc5O)nnc4N)c3)CC2)C(C)(C)C)cc1. The number of amides is 4. The number of para-hydroxylation sites is 1. The largest absolute Gasteiger partial charge is 0.507 e. The number of nitrogens with one attached hydrogen (secondary N) is 2. The van der Waals surface area contributed by atoms with Crippen molar-refractivity contribution in [2.24, 2.45) is 5.41 Å². The molecule has 2 aliphatic heterocycles. The summed E-state index contributed by atoms with van der Waals surface area (Å²) in [5, 5.41) is 35.0. The Morgan fingerprint density at radius 1 is 0.836 bits per heavy atom. The summed E-state index contributed by atoms with van der Waals surface area (Å²) in [6.45, 7) is 11.8. The van der Waals surface area contributed by atoms with Gasteiger partial charge in [0.25, 0.3) is 0 Å². The van der Waals surface area contributed by atoms with Gasteiger partial charge in [-0.15, -0.1) is 21.5 Å². The smallest absolute Gasteiger partial charge is 0.246 e. The predicted molar refractivity (Wildman–Crippen MR) is 286 cm³/mol. The molecule has 0 spiro atoms. The summed E-state index contributed by atoms with van der Waals surface area (Å²) in [5.74, 6) is 6.00. The number of thiazole rings is 1. The number of phenolic OH excluding ortho intramolecular Hbond substituents is 1. The molecule has 4 heterocycles. The van der Waals surface area contributed by atoms with Crippen LogP contribution in [0.3, 0.4) is 0 Å². The van der Waals surface area contributed by atoms with Gasteiger partial charge in [-0.1, -0.05) is 120 Å². The number of benzene rings is 3. The molecule has 0 unspecified atom stereocenters. The van der Waals surface area contributed by atoms with Crippen LogP contribution in [-0.4, -0.2) is 115 Å². The maximum Gasteiger partial charge on any atom is 0.246 e. The molecule has 0 saturated carbocycles. The number of nitrogens with zero attached hydrogens (tertiary/aromatic N) is 6. The van der Waals surface area contributed by atoms with E-state index in [1.54, 1.807) is 35.6 Å². The quantitative estimate of drug-likeness (QED) is 0.0379. The Labute approximate surface area is 434 Å². The Kier molecular flexibility index (Phi) is 19.1. The predicted octanol–water partition coefficient (Wildman–Crippen LogP) is 7.62. The molecule has 3 aromatic carbocycles. The molecule has 2 aliphatic rings. The number of aliphatic hydroxyl groups is 1. The number of likely N-dealkylation sites (tertiary alicyclic amines) is 1. The minimum absolute atomic E-state index is 0.0313. The highest BCUT2D eigenvalue weighted by atomic mass is 32.1. The minimum Gasteiger partial charge on any atom is -0.507 e. The number of β-amino-alcohol motifs (C(OH)–C–C–N with tert-alkyl or cyclic N) is 1. The number of aromatic hydroxyl groups is 1. The van der Waals surface area contributed by atoms with Crippen LogP contribution < -0.4 is 16.4 Å². The van der Waals surface area contributed by atoms with Crippen LogP contribution in [0.4, 0.5) is 5.82 Å². The van der Waals surface area contributed by atoms with Crippen molar-refractivity contribution in [3.8, 4) is 39.3 Å². The molecule has 16 heteroatoms. The fourth-order valence-corrected chi connectivity index (χ4v) is 10.2. The van der Waals surface area contributed by atoms with Crippen LogP contribution in [0.25, 0.3) is 21.7 Å². The number of rotatable bonds is 20. The topological polar surface area (TPSA) is 207 Å². The molecule has 2 saturated heterocycles. The van der Waals surface area contributed by atoms with Gasteiger partial charge in [0.2, 0.25) is 23.6 Å². The lowest BCUT2D eigenvalue weighted by molar-refractivity contribution is -0.144. The normalized spacial score (nSPS) is 16.4. The van der Waals surface area contributed by atoms with Crippen LogP contribution in [-0.2, 0) is 32.3 Å². The first-order chi connectivity index (χ1) is 35.1. The molecule has 73 heavy (non-hydrogen) atoms. The third-order valence-corrected chi connectivity index (χ3v) is 14.6. The van der Waals surface area contributed by atoms with Gasteiger partial charge in [0, 0.05) is 76.2 Å². The van der Waals surface area contributed by atoms with Crippen molar-refractivity contribution in [3.63, 3.8) is 0 Å². The van der Waals surface area contributed by atoms with Gasteiger partial charge in [0.1, 0.15) is 17.8 Å². The van der Waals surface area contributed by atoms with Crippen molar-refractivity contribution in [1.29, 1.82) is 0 Å². The van der Waals surface area contributed by atoms with Crippen molar-refractivity contribution in [2.45, 2.75) is 130 Å². The van der Waals surface area contributed by atoms with Gasteiger partial charge >= 0.3 is 0 Å². The third kappa shape index (κ3) is 15.4. The molecule has 0 aliphatic carbocycles. The van der Waals surface area contributed by atoms with Crippen molar-refractivity contribution in [2.75, 3.05) is 38.5 Å². The number of carbonyl (C=O) groups excluding carboxylic acids is 4. The van der Waals surface area contributed by atoms with Gasteiger partial charge in [-0.3, -0.25) is 24.1 Å². The van der Waals surface area contributed by atoms with Gasteiger partial charge in [0.05, 0.1) is 33.4 Å². The molecule has 0 radical (unpaired) electrons. The van der Waals surface area contributed by atoms with Crippen LogP contribution in [0.2, 0.25) is 0 Å². The molecule has 386 valence electrons. The van der Waals surface area contributed by atoms with Gasteiger partial charge < -0.3 is 36.4 Å². The number of aromatic nitrogens is 3. The third-order valence-electron chi connectivity index (χ3n) is 13.7. The minimum atomic E-state index is -0.852. The Morgan fingerprint density at radius 3 is 2.22 bits per heavy atom. The first-order valence-electron chi connectivity index (χ1n) is 25.7. The second kappa shape index (κ2) is 25.8. The standard InChI is InChI=1S/C57H71N9O6S/c1-39-52(73-38-60-39)43-25-23-41(24-26-43)35-59-55(71)48-34-45(67)37-66(48)56(72)53(57(2,3)4)61-50(69)20-11-9-7-5-6-8-10-12-21-51(70)65-30-28-64(29-31-65)36-42-17-15-16-40(32-42)22-27-44-33-47(62-63-54(44)58)46-18-13-14-19-49(46)68/h13-19,23-26,32-33,38,45,48,53,67-68H,5-12,20-21,28-31,34-37H2,1-4H3,(H2,58,63)(H,59,71)(H,61,69)/t45-,48+,53-/m1/s1. The summed E-state index contributed by atoms with van der Waals surface area (Å²) in [5.41, 5.74) is 13.8. The van der Waals surface area contributed by atoms with Crippen molar-refractivity contribution in [3.05, 3.63) is 112 Å². The molecule has 2 fully saturated rings. The number of unbranched alkanes of at least 4 members (excludes halogenated alkanes) is 7. The zero-order valence-electron chi connectivity index (χ0n) is 42.7. The Bertz CT molecular complexity index is 2740. The van der Waals surface area contributed by atoms with E-state index in [1.165, 1.54) is 4.90 Å². The van der Waals surface area contributed by atoms with Crippen LogP contribution in [0.15, 0.2) is 84.4 Å². The van der Waals surface area contributed by atoms with Gasteiger partial charge in [0.15, 0.2) is 5.82 Å². The molecule has 6 N–H and O–H groups in total. The van der Waals surface area contributed by atoms with Gasteiger partial charge in [-0.05, 0) is 72.2 Å². The summed E-state index contributed by atoms with van der Waals surface area (Å²) in [6.07, 6.45) is 7.90. The number of hydrogen-bond acceptors (Lipinski definition) is 12. The zero-order valence-corrected chi connectivity index (χ0v) is 43.6. The van der Waals surface area contributed by atoms with E-state index in [0.29, 0.717) is 49.2 Å². The van der Waals surface area contributed by atoms with Crippen LogP contribution in [0.5, 0.6) is 5.75 Å². The lowest BCUT2D eigenvalue weighted by atomic mass is 9.85. The monoisotopic (exact) mass is 1010 g/mol. The van der Waals surface area contributed by atoms with E-state index >= 15 is 0 Å². The highest BCUT2D eigenvalue weighted by molar-refractivity contribution is 7.13. The second-order valence-corrected chi connectivity index (χ2v) is 21.3. The maximum absolute atomic E-state index is 14.0. The highest BCUT2D eigenvalue weighted by Crippen LogP contribution is 2.30. The van der Waals surface area contributed by atoms with Gasteiger partial charge in [-0.2, -0.15) is 0 Å². The molecular weight excluding hydrogens is 939 g/mol. The number of piperazine rings is 1. The van der Waals surface area contributed by atoms with Crippen molar-refractivity contribution < 1.29 is 29.4 Å². The molecule has 7 rings (SSSR count). The lowest BCUT2D eigenvalue weighted by Gasteiger charge is -2.35. The molecular formula is C57H71N9O6S. The van der Waals surface area contributed by atoms with E-state index < -0.39 is 23.6 Å². The van der Waals surface area contributed by atoms with E-state index in [2.05, 4.69) is 54.7 Å². The fraction of sp³-hybridized carbons (Fsp3) is 0.456. The summed E-state index contributed by atoms with van der Waals surface area (Å²) in [6, 6.07) is 23.0. The number of hydrogen-bond donors (Lipinski definition) is 5. The lowest BCUT2D eigenvalue weighted by Crippen LogP contribution is -2.57. The number of carbonyl (C=O) groups is 4. The molecule has 2 aromatic heterocycles. The molecule has 5 aromatic rings. The molecule has 15 nitrogen and oxygen atoms in total. The highest BCUT2D eigenvalue weighted by Gasteiger charge is 2.44. The molecule has 0 bridgehead atoms. The average molecular weight is 1010 g/mol. The first-order valence-corrected chi connectivity index (χ1v) is 26.6. The fourth-order valence-electron chi connectivity index (χ4n) is 9.42. The van der Waals surface area contributed by atoms with Crippen LogP contribution in [0, 0.1) is 24.2 Å². The number of anilines is 1. The first kappa shape index (κ1) is 54.1. The summed E-state index contributed by atoms with van der Waals surface area (Å²) in [4.78, 5) is 65.0. The maximum atomic E-state index is 14.0.